The summed E-state index contributed by atoms with van der Waals surface area (Å²) in [6.45, 7) is 6.58. The van der Waals surface area contributed by atoms with Crippen LogP contribution in [0.25, 0.3) is 0 Å². The van der Waals surface area contributed by atoms with E-state index in [-0.39, 0.29) is 0 Å². The number of nitrogens with zero attached hydrogens (tertiary/aromatic N) is 4. The van der Waals surface area contributed by atoms with Crippen LogP contribution in [0.3, 0.4) is 0 Å². The van der Waals surface area contributed by atoms with Gasteiger partial charge in [0.15, 0.2) is 11.8 Å². The molecule has 7 nitrogen and oxygen atoms in total. The third kappa shape index (κ3) is 6.84. The fourth-order valence-electron chi connectivity index (χ4n) is 2.60. The maximum Gasteiger partial charge on any atom is 0.228 e. The summed E-state index contributed by atoms with van der Waals surface area (Å²) in [5.74, 6) is 2.09. The van der Waals surface area contributed by atoms with Gasteiger partial charge in [0.2, 0.25) is 5.89 Å². The van der Waals surface area contributed by atoms with Crippen molar-refractivity contribution < 1.29 is 4.52 Å². The molecule has 1 heterocycles. The maximum absolute atomic E-state index is 5.10. The second kappa shape index (κ2) is 10.6. The molecule has 0 radical (unpaired) electrons. The Morgan fingerprint density at radius 1 is 1.23 bits per heavy atom. The standard InChI is InChI=1S/C19H30N6O/c1-15(25(4)14-17-8-6-5-7-9-17)10-12-21-19(20-3)22-13-11-18-23-16(2)24-26-18/h5-9,15H,10-14H2,1-4H3,(H2,20,21,22). The van der Waals surface area contributed by atoms with Crippen molar-refractivity contribution in [2.75, 3.05) is 27.2 Å². The van der Waals surface area contributed by atoms with Crippen LogP contribution in [0.2, 0.25) is 0 Å². The number of benzene rings is 1. The van der Waals surface area contributed by atoms with Gasteiger partial charge >= 0.3 is 0 Å². The van der Waals surface area contributed by atoms with Crippen molar-refractivity contribution in [3.8, 4) is 0 Å². The van der Waals surface area contributed by atoms with Gasteiger partial charge in [0.05, 0.1) is 0 Å². The van der Waals surface area contributed by atoms with Crippen LogP contribution in [0, 0.1) is 6.92 Å². The summed E-state index contributed by atoms with van der Waals surface area (Å²) < 4.78 is 5.10. The molecule has 1 atom stereocenters. The predicted molar refractivity (Wildman–Crippen MR) is 104 cm³/mol. The van der Waals surface area contributed by atoms with Crippen molar-refractivity contribution in [1.82, 2.24) is 25.7 Å². The molecule has 26 heavy (non-hydrogen) atoms. The number of hydrogen-bond donors (Lipinski definition) is 2. The minimum atomic E-state index is 0.474. The van der Waals surface area contributed by atoms with Gasteiger partial charge in [-0.3, -0.25) is 9.89 Å². The lowest BCUT2D eigenvalue weighted by Crippen LogP contribution is -2.40. The number of aliphatic imine (C=N–C) groups is 1. The normalized spacial score (nSPS) is 13.0. The Labute approximate surface area is 155 Å². The highest BCUT2D eigenvalue weighted by molar-refractivity contribution is 5.79. The minimum Gasteiger partial charge on any atom is -0.356 e. The molecule has 0 fully saturated rings. The van der Waals surface area contributed by atoms with Crippen molar-refractivity contribution in [2.45, 2.75) is 39.3 Å². The summed E-state index contributed by atoms with van der Waals surface area (Å²) >= 11 is 0. The molecule has 142 valence electrons. The average molecular weight is 358 g/mol. The number of nitrogens with one attached hydrogen (secondary N) is 2. The molecular weight excluding hydrogens is 328 g/mol. The third-order valence-corrected chi connectivity index (χ3v) is 4.31. The molecule has 0 aliphatic carbocycles. The molecule has 0 aliphatic heterocycles. The van der Waals surface area contributed by atoms with Crippen molar-refractivity contribution in [2.24, 2.45) is 4.99 Å². The van der Waals surface area contributed by atoms with E-state index in [9.17, 15) is 0 Å². The average Bonchev–Trinajstić information content (AvgIpc) is 3.06. The molecule has 0 spiro atoms. The number of guanidine groups is 1. The van der Waals surface area contributed by atoms with Gasteiger partial charge in [0.25, 0.3) is 0 Å². The summed E-state index contributed by atoms with van der Waals surface area (Å²) in [5.41, 5.74) is 1.34. The van der Waals surface area contributed by atoms with Crippen molar-refractivity contribution in [3.05, 3.63) is 47.6 Å². The van der Waals surface area contributed by atoms with E-state index in [4.69, 9.17) is 4.52 Å². The molecule has 2 aromatic rings. The molecule has 1 aromatic carbocycles. The van der Waals surface area contributed by atoms with Crippen molar-refractivity contribution in [1.29, 1.82) is 0 Å². The van der Waals surface area contributed by atoms with E-state index in [1.165, 1.54) is 5.56 Å². The molecule has 2 rings (SSSR count). The molecule has 0 aliphatic rings. The van der Waals surface area contributed by atoms with E-state index in [0.29, 0.717) is 30.7 Å². The smallest absolute Gasteiger partial charge is 0.228 e. The summed E-state index contributed by atoms with van der Waals surface area (Å²) in [7, 11) is 3.94. The van der Waals surface area contributed by atoms with Crippen LogP contribution in [-0.2, 0) is 13.0 Å². The molecule has 1 aromatic heterocycles. The van der Waals surface area contributed by atoms with Crippen LogP contribution < -0.4 is 10.6 Å². The monoisotopic (exact) mass is 358 g/mol. The SMILES string of the molecule is CN=C(NCCc1nc(C)no1)NCCC(C)N(C)Cc1ccccc1. The fraction of sp³-hybridized carbons (Fsp3) is 0.526. The summed E-state index contributed by atoms with van der Waals surface area (Å²) in [6.07, 6.45) is 1.71. The lowest BCUT2D eigenvalue weighted by atomic mass is 10.1. The molecule has 1 unspecified atom stereocenters. The van der Waals surface area contributed by atoms with Gasteiger partial charge in [-0.2, -0.15) is 4.98 Å². The highest BCUT2D eigenvalue weighted by Gasteiger charge is 2.10. The summed E-state index contributed by atoms with van der Waals surface area (Å²) in [6, 6.07) is 11.0. The first-order valence-corrected chi connectivity index (χ1v) is 9.06. The van der Waals surface area contributed by atoms with Crippen molar-refractivity contribution in [3.63, 3.8) is 0 Å². The van der Waals surface area contributed by atoms with Crippen LogP contribution >= 0.6 is 0 Å². The first kappa shape index (κ1) is 19.9. The second-order valence-electron chi connectivity index (χ2n) is 6.45. The summed E-state index contributed by atoms with van der Waals surface area (Å²) in [5, 5.41) is 10.4. The van der Waals surface area contributed by atoms with Crippen molar-refractivity contribution >= 4 is 5.96 Å². The Morgan fingerprint density at radius 3 is 2.62 bits per heavy atom. The Balaban J connectivity index is 1.64. The third-order valence-electron chi connectivity index (χ3n) is 4.31. The number of aromatic nitrogens is 2. The molecule has 2 N–H and O–H groups in total. The highest BCUT2D eigenvalue weighted by Crippen LogP contribution is 2.07. The molecule has 7 heteroatoms. The van der Waals surface area contributed by atoms with Gasteiger partial charge in [-0.15, -0.1) is 0 Å². The number of rotatable bonds is 9. The zero-order valence-electron chi connectivity index (χ0n) is 16.2. The highest BCUT2D eigenvalue weighted by atomic mass is 16.5. The van der Waals surface area contributed by atoms with Crippen LogP contribution in [0.4, 0.5) is 0 Å². The molecule has 0 bridgehead atoms. The van der Waals surface area contributed by atoms with Gasteiger partial charge < -0.3 is 15.2 Å². The Kier molecular flexibility index (Phi) is 8.08. The van der Waals surface area contributed by atoms with Crippen LogP contribution in [0.5, 0.6) is 0 Å². The lowest BCUT2D eigenvalue weighted by Gasteiger charge is -2.25. The molecule has 0 amide bonds. The van der Waals surface area contributed by atoms with Crippen LogP contribution in [0.1, 0.15) is 30.6 Å². The topological polar surface area (TPSA) is 78.6 Å². The first-order valence-electron chi connectivity index (χ1n) is 9.06. The largest absolute Gasteiger partial charge is 0.356 e. The fourth-order valence-corrected chi connectivity index (χ4v) is 2.60. The predicted octanol–water partition coefficient (Wildman–Crippen LogP) is 2.00. The molecule has 0 saturated carbocycles. The van der Waals surface area contributed by atoms with E-state index in [0.717, 1.165) is 25.5 Å². The van der Waals surface area contributed by atoms with E-state index in [1.54, 1.807) is 7.05 Å². The molecular formula is C19H30N6O. The maximum atomic E-state index is 5.10. The number of hydrogen-bond acceptors (Lipinski definition) is 5. The minimum absolute atomic E-state index is 0.474. The summed E-state index contributed by atoms with van der Waals surface area (Å²) in [4.78, 5) is 10.8. The lowest BCUT2D eigenvalue weighted by molar-refractivity contribution is 0.238. The Morgan fingerprint density at radius 2 is 1.96 bits per heavy atom. The van der Waals surface area contributed by atoms with Crippen LogP contribution in [-0.4, -0.2) is 54.2 Å². The molecule has 0 saturated heterocycles. The van der Waals surface area contributed by atoms with Crippen LogP contribution in [0.15, 0.2) is 39.8 Å². The Bertz CT molecular complexity index is 670. The van der Waals surface area contributed by atoms with Gasteiger partial charge in [-0.1, -0.05) is 35.5 Å². The van der Waals surface area contributed by atoms with E-state index in [2.05, 4.69) is 75.0 Å². The van der Waals surface area contributed by atoms with E-state index >= 15 is 0 Å². The van der Waals surface area contributed by atoms with Gasteiger partial charge in [0, 0.05) is 39.1 Å². The second-order valence-corrected chi connectivity index (χ2v) is 6.45. The van der Waals surface area contributed by atoms with Gasteiger partial charge in [-0.05, 0) is 32.9 Å². The zero-order valence-corrected chi connectivity index (χ0v) is 16.2. The number of aryl methyl sites for hydroxylation is 1. The van der Waals surface area contributed by atoms with E-state index in [1.807, 2.05) is 6.92 Å². The van der Waals surface area contributed by atoms with Gasteiger partial charge in [-0.25, -0.2) is 0 Å². The first-order chi connectivity index (χ1) is 12.6. The van der Waals surface area contributed by atoms with E-state index < -0.39 is 0 Å². The quantitative estimate of drug-likeness (QED) is 0.527. The van der Waals surface area contributed by atoms with Gasteiger partial charge in [0.1, 0.15) is 0 Å². The Hall–Kier alpha value is -2.41. The zero-order chi connectivity index (χ0) is 18.8.